The van der Waals surface area contributed by atoms with Crippen molar-refractivity contribution in [2.75, 3.05) is 4.90 Å². The predicted molar refractivity (Wildman–Crippen MR) is 144 cm³/mol. The van der Waals surface area contributed by atoms with Crippen molar-refractivity contribution in [2.24, 2.45) is 0 Å². The van der Waals surface area contributed by atoms with Gasteiger partial charge in [-0.05, 0) is 105 Å². The van der Waals surface area contributed by atoms with E-state index in [9.17, 15) is 4.39 Å². The van der Waals surface area contributed by atoms with E-state index in [1.54, 1.807) is 19.2 Å². The molecule has 178 valence electrons. The van der Waals surface area contributed by atoms with Gasteiger partial charge < -0.3 is 14.8 Å². The molecule has 0 bridgehead atoms. The van der Waals surface area contributed by atoms with E-state index in [4.69, 9.17) is 23.8 Å². The molecule has 0 aliphatic carbocycles. The van der Waals surface area contributed by atoms with Crippen LogP contribution in [0.25, 0.3) is 5.69 Å². The van der Waals surface area contributed by atoms with Crippen LogP contribution in [0.1, 0.15) is 45.9 Å². The molecule has 3 heterocycles. The highest BCUT2D eigenvalue weighted by Gasteiger charge is 2.42. The van der Waals surface area contributed by atoms with Crippen LogP contribution in [0.15, 0.2) is 66.9 Å². The number of nitrogens with zero attached hydrogens (tertiary/aromatic N) is 3. The second-order valence-electron chi connectivity index (χ2n) is 8.98. The molecule has 1 saturated heterocycles. The topological polar surface area (TPSA) is 33.1 Å². The molecular formula is C28H26ClFN4S. The van der Waals surface area contributed by atoms with Crippen molar-refractivity contribution >= 4 is 34.6 Å². The van der Waals surface area contributed by atoms with Crippen LogP contribution in [0.2, 0.25) is 5.02 Å². The van der Waals surface area contributed by atoms with Gasteiger partial charge in [-0.1, -0.05) is 23.7 Å². The fourth-order valence-corrected chi connectivity index (χ4v) is 5.54. The summed E-state index contributed by atoms with van der Waals surface area (Å²) in [5, 5.41) is 4.80. The Kier molecular flexibility index (Phi) is 6.11. The summed E-state index contributed by atoms with van der Waals surface area (Å²) in [5.74, 6) is -0.237. The Hall–Kier alpha value is -3.22. The molecule has 4 nitrogen and oxygen atoms in total. The summed E-state index contributed by atoms with van der Waals surface area (Å²) >= 11 is 12.3. The zero-order valence-electron chi connectivity index (χ0n) is 20.0. The minimum Gasteiger partial charge on any atom is -0.351 e. The van der Waals surface area contributed by atoms with Gasteiger partial charge >= 0.3 is 0 Å². The third kappa shape index (κ3) is 4.01. The number of aromatic nitrogens is 2. The first-order valence-electron chi connectivity index (χ1n) is 11.5. The molecular weight excluding hydrogens is 479 g/mol. The third-order valence-electron chi connectivity index (χ3n) is 6.79. The molecule has 0 amide bonds. The van der Waals surface area contributed by atoms with Gasteiger partial charge in [0.25, 0.3) is 0 Å². The molecule has 1 aliphatic rings. The smallest absolute Gasteiger partial charge is 0.174 e. The molecule has 0 radical (unpaired) electrons. The van der Waals surface area contributed by atoms with E-state index < -0.39 is 0 Å². The van der Waals surface area contributed by atoms with Gasteiger partial charge in [0.05, 0.1) is 17.8 Å². The lowest BCUT2D eigenvalue weighted by Gasteiger charge is -2.28. The highest BCUT2D eigenvalue weighted by molar-refractivity contribution is 7.80. The monoisotopic (exact) mass is 504 g/mol. The highest BCUT2D eigenvalue weighted by Crippen LogP contribution is 2.44. The largest absolute Gasteiger partial charge is 0.351 e. The normalized spacial score (nSPS) is 17.7. The van der Waals surface area contributed by atoms with Crippen LogP contribution in [0.5, 0.6) is 0 Å². The summed E-state index contributed by atoms with van der Waals surface area (Å²) in [7, 11) is 0. The molecule has 0 unspecified atom stereocenters. The van der Waals surface area contributed by atoms with Gasteiger partial charge in [0.15, 0.2) is 5.11 Å². The Bertz CT molecular complexity index is 1430. The standard InChI is InChI=1S/C28H26ClFN4S/c1-16-14-20(11-12-23(16)30)34-27(26(32-28(34)35)24-9-5-6-13-31-24)21-15-17(2)33(19(21)4)25-10-7-8-22(29)18(25)3/h5-15,26-27H,1-4H3,(H,32,35)/t26-,27+/m0/s1. The van der Waals surface area contributed by atoms with Gasteiger partial charge in [0.2, 0.25) is 0 Å². The maximum absolute atomic E-state index is 14.1. The summed E-state index contributed by atoms with van der Waals surface area (Å²) < 4.78 is 16.4. The van der Waals surface area contributed by atoms with Gasteiger partial charge in [-0.15, -0.1) is 0 Å². The van der Waals surface area contributed by atoms with Crippen molar-refractivity contribution in [1.29, 1.82) is 0 Å². The molecule has 1 fully saturated rings. The number of anilines is 1. The number of halogens is 2. The van der Waals surface area contributed by atoms with Crippen LogP contribution in [0.4, 0.5) is 10.1 Å². The average Bonchev–Trinajstić information content (AvgIpc) is 3.33. The lowest BCUT2D eigenvalue weighted by molar-refractivity contribution is 0.564. The Morgan fingerprint density at radius 2 is 1.80 bits per heavy atom. The first-order chi connectivity index (χ1) is 16.8. The van der Waals surface area contributed by atoms with Crippen molar-refractivity contribution in [3.05, 3.63) is 111 Å². The van der Waals surface area contributed by atoms with E-state index in [1.165, 1.54) is 6.07 Å². The molecule has 1 aliphatic heterocycles. The molecule has 4 aromatic rings. The van der Waals surface area contributed by atoms with E-state index in [2.05, 4.69) is 45.7 Å². The number of rotatable bonds is 4. The lowest BCUT2D eigenvalue weighted by Crippen LogP contribution is -2.29. The summed E-state index contributed by atoms with van der Waals surface area (Å²) in [5.41, 5.74) is 7.68. The number of aryl methyl sites for hydroxylation is 2. The van der Waals surface area contributed by atoms with Crippen LogP contribution in [0, 0.1) is 33.5 Å². The van der Waals surface area contributed by atoms with Gasteiger partial charge in [-0.3, -0.25) is 4.98 Å². The van der Waals surface area contributed by atoms with Gasteiger partial charge in [-0.2, -0.15) is 0 Å². The molecule has 35 heavy (non-hydrogen) atoms. The fourth-order valence-electron chi connectivity index (χ4n) is 5.02. The Balaban J connectivity index is 1.71. The zero-order chi connectivity index (χ0) is 24.9. The van der Waals surface area contributed by atoms with Crippen LogP contribution in [-0.4, -0.2) is 14.7 Å². The molecule has 2 aromatic heterocycles. The zero-order valence-corrected chi connectivity index (χ0v) is 21.6. The minimum absolute atomic E-state index is 0.177. The first-order valence-corrected chi connectivity index (χ1v) is 12.3. The third-order valence-corrected chi connectivity index (χ3v) is 7.51. The van der Waals surface area contributed by atoms with Crippen molar-refractivity contribution in [1.82, 2.24) is 14.9 Å². The van der Waals surface area contributed by atoms with Gasteiger partial charge in [-0.25, -0.2) is 4.39 Å². The molecule has 2 aromatic carbocycles. The number of benzene rings is 2. The van der Waals surface area contributed by atoms with Crippen LogP contribution < -0.4 is 10.2 Å². The van der Waals surface area contributed by atoms with Crippen LogP contribution >= 0.6 is 23.8 Å². The quantitative estimate of drug-likeness (QED) is 0.301. The minimum atomic E-state index is -0.237. The van der Waals surface area contributed by atoms with E-state index in [-0.39, 0.29) is 17.9 Å². The summed E-state index contributed by atoms with van der Waals surface area (Å²) in [6.45, 7) is 8.02. The summed E-state index contributed by atoms with van der Waals surface area (Å²) in [6, 6.07) is 18.8. The molecule has 0 saturated carbocycles. The number of hydrogen-bond acceptors (Lipinski definition) is 2. The van der Waals surface area contributed by atoms with Crippen molar-refractivity contribution in [3.63, 3.8) is 0 Å². The van der Waals surface area contributed by atoms with Gasteiger partial charge in [0.1, 0.15) is 5.82 Å². The molecule has 0 spiro atoms. The van der Waals surface area contributed by atoms with E-state index in [0.29, 0.717) is 10.7 Å². The van der Waals surface area contributed by atoms with E-state index in [0.717, 1.165) is 44.6 Å². The number of nitrogens with one attached hydrogen (secondary N) is 1. The predicted octanol–water partition coefficient (Wildman–Crippen LogP) is 7.08. The first kappa shape index (κ1) is 23.5. The van der Waals surface area contributed by atoms with Gasteiger partial charge in [0, 0.05) is 34.0 Å². The number of hydrogen-bond donors (Lipinski definition) is 1. The highest BCUT2D eigenvalue weighted by atomic mass is 35.5. The Morgan fingerprint density at radius 1 is 1.00 bits per heavy atom. The lowest BCUT2D eigenvalue weighted by atomic mass is 9.96. The van der Waals surface area contributed by atoms with Crippen molar-refractivity contribution in [3.8, 4) is 5.69 Å². The molecule has 5 rings (SSSR count). The number of thiocarbonyl (C=S) groups is 1. The average molecular weight is 505 g/mol. The molecule has 2 atom stereocenters. The summed E-state index contributed by atoms with van der Waals surface area (Å²) in [4.78, 5) is 6.72. The maximum atomic E-state index is 14.1. The van der Waals surface area contributed by atoms with Crippen molar-refractivity contribution in [2.45, 2.75) is 39.8 Å². The molecule has 7 heteroatoms. The Morgan fingerprint density at radius 3 is 2.51 bits per heavy atom. The summed E-state index contributed by atoms with van der Waals surface area (Å²) in [6.07, 6.45) is 1.79. The maximum Gasteiger partial charge on any atom is 0.174 e. The van der Waals surface area contributed by atoms with Crippen LogP contribution in [-0.2, 0) is 0 Å². The van der Waals surface area contributed by atoms with Crippen molar-refractivity contribution < 1.29 is 4.39 Å². The number of pyridine rings is 1. The Labute approximate surface area is 215 Å². The second-order valence-corrected chi connectivity index (χ2v) is 9.77. The van der Waals surface area contributed by atoms with E-state index >= 15 is 0 Å². The second kappa shape index (κ2) is 9.10. The fraction of sp³-hybridized carbons (Fsp3) is 0.214. The van der Waals surface area contributed by atoms with E-state index in [1.807, 2.05) is 43.3 Å². The SMILES string of the molecule is Cc1cc(N2C(=S)N[C@@H](c3ccccn3)[C@H]2c2cc(C)n(-c3cccc(Cl)c3C)c2C)ccc1F. The van der Waals surface area contributed by atoms with Crippen LogP contribution in [0.3, 0.4) is 0 Å². The molecule has 1 N–H and O–H groups in total.